The molecule has 0 saturated carbocycles. The second-order valence-electron chi connectivity index (χ2n) is 18.2. The van der Waals surface area contributed by atoms with Crippen LogP contribution in [0.1, 0.15) is 206 Å². The SMILES string of the molecule is CC/C=C\C/C=C\C/C=C\C/C=C\C/C=C\C/C=C\CCCCCCCCC(=O)OC(COC(=O)CCCCCCCCCCCCCCCCC)COP(=O)(O)OCC[N+](C)(C)C. The molecule has 0 saturated heterocycles. The van der Waals surface area contributed by atoms with Crippen LogP contribution in [0.25, 0.3) is 0 Å². The molecule has 370 valence electrons. The van der Waals surface area contributed by atoms with Crippen LogP contribution in [0, 0.1) is 0 Å². The maximum atomic E-state index is 12.8. The molecule has 0 aromatic rings. The van der Waals surface area contributed by atoms with Crippen LogP contribution in [0.3, 0.4) is 0 Å². The maximum Gasteiger partial charge on any atom is 0.472 e. The molecule has 0 radical (unpaired) electrons. The number of carbonyl (C=O) groups excluding carboxylic acids is 2. The van der Waals surface area contributed by atoms with Crippen LogP contribution in [-0.2, 0) is 32.7 Å². The largest absolute Gasteiger partial charge is 0.472 e. The molecule has 0 spiro atoms. The highest BCUT2D eigenvalue weighted by Crippen LogP contribution is 2.43. The molecule has 10 heteroatoms. The van der Waals surface area contributed by atoms with Crippen molar-refractivity contribution in [2.24, 2.45) is 0 Å². The van der Waals surface area contributed by atoms with Crippen molar-refractivity contribution in [3.63, 3.8) is 0 Å². The fraction of sp³-hybridized carbons (Fsp3) is 0.741. The van der Waals surface area contributed by atoms with E-state index < -0.39 is 26.5 Å². The first-order valence-corrected chi connectivity index (χ1v) is 27.2. The van der Waals surface area contributed by atoms with Crippen molar-refractivity contribution in [3.05, 3.63) is 72.9 Å². The third-order valence-corrected chi connectivity index (χ3v) is 11.7. The van der Waals surface area contributed by atoms with Crippen molar-refractivity contribution in [1.82, 2.24) is 0 Å². The van der Waals surface area contributed by atoms with Crippen LogP contribution in [0.15, 0.2) is 72.9 Å². The van der Waals surface area contributed by atoms with Gasteiger partial charge in [0.05, 0.1) is 27.7 Å². The number of hydrogen-bond donors (Lipinski definition) is 1. The lowest BCUT2D eigenvalue weighted by atomic mass is 10.0. The van der Waals surface area contributed by atoms with E-state index in [1.165, 1.54) is 77.0 Å². The summed E-state index contributed by atoms with van der Waals surface area (Å²) >= 11 is 0. The van der Waals surface area contributed by atoms with Gasteiger partial charge >= 0.3 is 19.8 Å². The van der Waals surface area contributed by atoms with E-state index in [-0.39, 0.29) is 32.0 Å². The highest BCUT2D eigenvalue weighted by Gasteiger charge is 2.27. The third kappa shape index (κ3) is 48.9. The number of phosphoric ester groups is 1. The zero-order valence-electron chi connectivity index (χ0n) is 41.7. The van der Waals surface area contributed by atoms with Gasteiger partial charge in [0.15, 0.2) is 6.10 Å². The van der Waals surface area contributed by atoms with E-state index in [4.69, 9.17) is 18.5 Å². The molecule has 2 unspecified atom stereocenters. The number of quaternary nitrogens is 1. The molecular weight excluding hydrogens is 822 g/mol. The van der Waals surface area contributed by atoms with Crippen molar-refractivity contribution < 1.29 is 42.1 Å². The smallest absolute Gasteiger partial charge is 0.462 e. The number of esters is 2. The minimum Gasteiger partial charge on any atom is -0.462 e. The van der Waals surface area contributed by atoms with Gasteiger partial charge in [-0.05, 0) is 64.2 Å². The molecular formula is C54H97NO8P+. The van der Waals surface area contributed by atoms with Crippen LogP contribution >= 0.6 is 7.82 Å². The Kier molecular flexibility index (Phi) is 43.8. The number of phosphoric acid groups is 1. The molecule has 0 amide bonds. The predicted octanol–water partition coefficient (Wildman–Crippen LogP) is 15.4. The fourth-order valence-electron chi connectivity index (χ4n) is 6.78. The number of rotatable bonds is 46. The van der Waals surface area contributed by atoms with Crippen molar-refractivity contribution in [2.75, 3.05) is 47.5 Å². The first-order chi connectivity index (χ1) is 31.0. The van der Waals surface area contributed by atoms with E-state index in [2.05, 4.69) is 86.8 Å². The van der Waals surface area contributed by atoms with Gasteiger partial charge < -0.3 is 18.9 Å². The number of carbonyl (C=O) groups is 2. The van der Waals surface area contributed by atoms with E-state index in [0.29, 0.717) is 17.4 Å². The standard InChI is InChI=1S/C54H96NO8P/c1-6-8-10-12-14-16-18-20-22-23-24-25-26-27-28-29-30-31-33-35-37-39-41-43-45-47-54(57)63-52(51-62-64(58,59)61-49-48-55(3,4)5)50-60-53(56)46-44-42-40-38-36-34-32-21-19-17-15-13-11-9-7-2/h8,10,14,16,20,22,24-25,27-28,30-31,52H,6-7,9,11-13,15,17-19,21,23,26,29,32-51H2,1-5H3/p+1/b10-8-,16-14-,22-20-,25-24-,28-27-,31-30-. The monoisotopic (exact) mass is 919 g/mol. The summed E-state index contributed by atoms with van der Waals surface area (Å²) in [5.41, 5.74) is 0. The first-order valence-electron chi connectivity index (χ1n) is 25.7. The van der Waals surface area contributed by atoms with Crippen molar-refractivity contribution in [2.45, 2.75) is 213 Å². The van der Waals surface area contributed by atoms with Gasteiger partial charge in [0.1, 0.15) is 19.8 Å². The number of unbranched alkanes of at least 4 members (excludes halogenated alkanes) is 20. The topological polar surface area (TPSA) is 108 Å². The van der Waals surface area contributed by atoms with Crippen LogP contribution < -0.4 is 0 Å². The van der Waals surface area contributed by atoms with Crippen LogP contribution in [-0.4, -0.2) is 74.9 Å². The second-order valence-corrected chi connectivity index (χ2v) is 19.6. The van der Waals surface area contributed by atoms with Gasteiger partial charge in [0.2, 0.25) is 0 Å². The molecule has 0 fully saturated rings. The van der Waals surface area contributed by atoms with Gasteiger partial charge in [0, 0.05) is 12.8 Å². The molecule has 0 aliphatic carbocycles. The van der Waals surface area contributed by atoms with E-state index in [1.807, 2.05) is 21.1 Å². The average Bonchev–Trinajstić information content (AvgIpc) is 3.25. The molecule has 2 atom stereocenters. The van der Waals surface area contributed by atoms with Gasteiger partial charge in [-0.1, -0.05) is 202 Å². The quantitative estimate of drug-likeness (QED) is 0.0211. The molecule has 0 aliphatic heterocycles. The molecule has 9 nitrogen and oxygen atoms in total. The Labute approximate surface area is 393 Å². The summed E-state index contributed by atoms with van der Waals surface area (Å²) in [6, 6.07) is 0. The zero-order valence-corrected chi connectivity index (χ0v) is 42.6. The summed E-state index contributed by atoms with van der Waals surface area (Å²) in [4.78, 5) is 35.5. The summed E-state index contributed by atoms with van der Waals surface area (Å²) in [7, 11) is 1.46. The van der Waals surface area contributed by atoms with Gasteiger partial charge in [-0.2, -0.15) is 0 Å². The fourth-order valence-corrected chi connectivity index (χ4v) is 7.52. The Morgan fingerprint density at radius 3 is 1.33 bits per heavy atom. The van der Waals surface area contributed by atoms with Crippen LogP contribution in [0.4, 0.5) is 0 Å². The Bertz CT molecular complexity index is 1310. The van der Waals surface area contributed by atoms with Crippen LogP contribution in [0.2, 0.25) is 0 Å². The Morgan fingerprint density at radius 2 is 0.891 bits per heavy atom. The molecule has 0 aliphatic rings. The molecule has 1 N–H and O–H groups in total. The minimum atomic E-state index is -4.39. The molecule has 0 aromatic heterocycles. The lowest BCUT2D eigenvalue weighted by molar-refractivity contribution is -0.870. The molecule has 0 rings (SSSR count). The summed E-state index contributed by atoms with van der Waals surface area (Å²) in [6.45, 7) is 4.30. The highest BCUT2D eigenvalue weighted by molar-refractivity contribution is 7.47. The molecule has 0 aromatic carbocycles. The number of allylic oxidation sites excluding steroid dienone is 12. The summed E-state index contributed by atoms with van der Waals surface area (Å²) < 4.78 is 34.4. The lowest BCUT2D eigenvalue weighted by Gasteiger charge is -2.24. The summed E-state index contributed by atoms with van der Waals surface area (Å²) in [5.74, 6) is -0.814. The van der Waals surface area contributed by atoms with E-state index in [0.717, 1.165) is 96.3 Å². The van der Waals surface area contributed by atoms with E-state index in [9.17, 15) is 19.0 Å². The minimum absolute atomic E-state index is 0.0263. The first kappa shape index (κ1) is 61.5. The lowest BCUT2D eigenvalue weighted by Crippen LogP contribution is -2.37. The van der Waals surface area contributed by atoms with Crippen molar-refractivity contribution >= 4 is 19.8 Å². The van der Waals surface area contributed by atoms with Crippen molar-refractivity contribution in [1.29, 1.82) is 0 Å². The normalized spacial score (nSPS) is 14.0. The van der Waals surface area contributed by atoms with E-state index >= 15 is 0 Å². The number of ether oxygens (including phenoxy) is 2. The average molecular weight is 919 g/mol. The third-order valence-electron chi connectivity index (χ3n) is 10.8. The Morgan fingerprint density at radius 1 is 0.500 bits per heavy atom. The van der Waals surface area contributed by atoms with Gasteiger partial charge in [0.25, 0.3) is 0 Å². The molecule has 64 heavy (non-hydrogen) atoms. The summed E-state index contributed by atoms with van der Waals surface area (Å²) in [5, 5.41) is 0. The Hall–Kier alpha value is -2.55. The number of likely N-dealkylation sites (N-methyl/N-ethyl adjacent to an activating group) is 1. The van der Waals surface area contributed by atoms with Gasteiger partial charge in [-0.15, -0.1) is 0 Å². The number of hydrogen-bond acceptors (Lipinski definition) is 7. The summed E-state index contributed by atoms with van der Waals surface area (Å²) in [6.07, 6.45) is 58.1. The molecule has 0 heterocycles. The van der Waals surface area contributed by atoms with E-state index in [1.54, 1.807) is 0 Å². The van der Waals surface area contributed by atoms with Gasteiger partial charge in [-0.3, -0.25) is 18.6 Å². The molecule has 0 bridgehead atoms. The van der Waals surface area contributed by atoms with Gasteiger partial charge in [-0.25, -0.2) is 4.57 Å². The van der Waals surface area contributed by atoms with Crippen molar-refractivity contribution in [3.8, 4) is 0 Å². The highest BCUT2D eigenvalue weighted by atomic mass is 31.2. The second kappa shape index (κ2) is 45.6. The van der Waals surface area contributed by atoms with Crippen LogP contribution in [0.5, 0.6) is 0 Å². The maximum absolute atomic E-state index is 12.8. The number of nitrogens with zero attached hydrogens (tertiary/aromatic N) is 1. The predicted molar refractivity (Wildman–Crippen MR) is 270 cm³/mol. The Balaban J connectivity index is 4.29. The zero-order chi connectivity index (χ0) is 47.1.